The van der Waals surface area contributed by atoms with Gasteiger partial charge >= 0.3 is 11.9 Å². The van der Waals surface area contributed by atoms with Crippen molar-refractivity contribution in [2.75, 3.05) is 19.9 Å². The van der Waals surface area contributed by atoms with Gasteiger partial charge in [-0.3, -0.25) is 19.0 Å². The molecular weight excluding hydrogens is 652 g/mol. The molecule has 5 rings (SSSR count). The lowest BCUT2D eigenvalue weighted by atomic mass is 9.79. The number of halogens is 1. The van der Waals surface area contributed by atoms with Crippen molar-refractivity contribution in [1.29, 1.82) is 0 Å². The number of β-lactam (4-membered cyclic amide) rings is 1. The van der Waals surface area contributed by atoms with E-state index in [0.717, 1.165) is 29.1 Å². The smallest absolute Gasteiger partial charge is 0.358 e. The maximum atomic E-state index is 13.2. The van der Waals surface area contributed by atoms with Crippen LogP contribution >= 0.6 is 11.8 Å². The molecular formula is C33H41FN2O9S2. The molecule has 1 amide bonds. The van der Waals surface area contributed by atoms with Gasteiger partial charge in [-0.2, -0.15) is 8.42 Å². The van der Waals surface area contributed by atoms with Crippen LogP contribution in [0, 0.1) is 30.0 Å². The van der Waals surface area contributed by atoms with Crippen molar-refractivity contribution in [1.82, 2.24) is 9.80 Å². The molecule has 0 radical (unpaired) electrons. The summed E-state index contributed by atoms with van der Waals surface area (Å²) in [5, 5.41) is 10.4. The van der Waals surface area contributed by atoms with Crippen LogP contribution in [0.2, 0.25) is 0 Å². The Labute approximate surface area is 278 Å². The summed E-state index contributed by atoms with van der Waals surface area (Å²) in [6, 6.07) is 12.1. The van der Waals surface area contributed by atoms with Gasteiger partial charge in [0.05, 0.1) is 28.4 Å². The number of aryl methyl sites for hydroxylation is 1. The van der Waals surface area contributed by atoms with E-state index in [-0.39, 0.29) is 39.5 Å². The molecule has 0 spiro atoms. The normalized spacial score (nSPS) is 22.0. The number of amides is 1. The van der Waals surface area contributed by atoms with E-state index in [1.165, 1.54) is 29.2 Å². The van der Waals surface area contributed by atoms with Crippen molar-refractivity contribution in [3.63, 3.8) is 0 Å². The third-order valence-electron chi connectivity index (χ3n) is 8.15. The number of hydrogen-bond acceptors (Lipinski definition) is 10. The Hall–Kier alpha value is -3.30. The summed E-state index contributed by atoms with van der Waals surface area (Å²) < 4.78 is 53.0. The minimum absolute atomic E-state index is 0.0666. The van der Waals surface area contributed by atoms with Crippen LogP contribution < -0.4 is 0 Å². The van der Waals surface area contributed by atoms with Gasteiger partial charge in [0.2, 0.25) is 12.7 Å². The number of likely N-dealkylation sites (tertiary alicyclic amines) is 1. The number of fused-ring (bicyclic) bond motifs is 1. The molecule has 2 fully saturated rings. The highest BCUT2D eigenvalue weighted by Crippen LogP contribution is 2.52. The number of ether oxygens (including phenoxy) is 2. The van der Waals surface area contributed by atoms with Crippen molar-refractivity contribution in [2.24, 2.45) is 17.3 Å². The lowest BCUT2D eigenvalue weighted by molar-refractivity contribution is -0.175. The van der Waals surface area contributed by atoms with Gasteiger partial charge in [-0.1, -0.05) is 36.8 Å². The molecule has 4 atom stereocenters. The standard InChI is InChI=1S/C26H33FN2O6S.C7H8O3S/c1-14-20-19(15(2)30)23(31)29(20)21(24(32)34-13-35-25(33)26(3,4)5)22(14)36-18-11-28(12-18)10-16-6-8-17(27)9-7-16;1-6-2-4-7(5-3-6)11(8,9)10/h6-9,14-15,18-20,30H,10-13H2,1-5H3;2-5H,1H3,(H,8,9,10)/t14-,15-,19-,20-;/m1./s1. The molecule has 2 aromatic rings. The summed E-state index contributed by atoms with van der Waals surface area (Å²) in [4.78, 5) is 42.3. The van der Waals surface area contributed by atoms with Crippen LogP contribution in [0.15, 0.2) is 64.0 Å². The number of thioether (sulfide) groups is 1. The summed E-state index contributed by atoms with van der Waals surface area (Å²) in [6.07, 6.45) is -0.828. The average Bonchev–Trinajstić information content (AvgIpc) is 3.19. The van der Waals surface area contributed by atoms with Crippen LogP contribution in [-0.2, 0) is 40.5 Å². The summed E-state index contributed by atoms with van der Waals surface area (Å²) in [7, 11) is -4.02. The zero-order chi connectivity index (χ0) is 34.8. The minimum Gasteiger partial charge on any atom is -0.427 e. The number of aliphatic hydroxyl groups is 1. The molecule has 0 aliphatic carbocycles. The molecule has 0 unspecified atom stereocenters. The van der Waals surface area contributed by atoms with E-state index in [1.807, 2.05) is 13.8 Å². The number of benzene rings is 2. The van der Waals surface area contributed by atoms with E-state index in [4.69, 9.17) is 14.0 Å². The molecule has 2 aromatic carbocycles. The van der Waals surface area contributed by atoms with Crippen molar-refractivity contribution in [3.05, 3.63) is 76.1 Å². The monoisotopic (exact) mass is 692 g/mol. The quantitative estimate of drug-likeness (QED) is 0.169. The zero-order valence-electron chi connectivity index (χ0n) is 27.2. The second-order valence-corrected chi connectivity index (χ2v) is 15.8. The Bertz CT molecular complexity index is 1610. The molecule has 2 saturated heterocycles. The molecule has 2 N–H and O–H groups in total. The Morgan fingerprint density at radius 3 is 2.19 bits per heavy atom. The second kappa shape index (κ2) is 14.4. The number of esters is 2. The number of hydrogen-bond donors (Lipinski definition) is 2. The highest BCUT2D eigenvalue weighted by atomic mass is 32.2. The first-order valence-electron chi connectivity index (χ1n) is 15.2. The molecule has 3 aliphatic heterocycles. The SMILES string of the molecule is C[C@@H](O)[C@H]1C(=O)N2C(C(=O)OCOC(=O)C(C)(C)C)=C(SC3CN(Cc4ccc(F)cc4)C3)[C@H](C)[C@H]12.Cc1ccc(S(=O)(=O)O)cc1. The van der Waals surface area contributed by atoms with Crippen LogP contribution in [0.25, 0.3) is 0 Å². The lowest BCUT2D eigenvalue weighted by Crippen LogP contribution is -2.63. The first-order valence-corrected chi connectivity index (χ1v) is 17.5. The van der Waals surface area contributed by atoms with Crippen LogP contribution in [-0.4, -0.2) is 83.0 Å². The van der Waals surface area contributed by atoms with Crippen LogP contribution in [0.4, 0.5) is 4.39 Å². The van der Waals surface area contributed by atoms with E-state index in [9.17, 15) is 32.3 Å². The average molecular weight is 693 g/mol. The third kappa shape index (κ3) is 8.60. The molecule has 3 heterocycles. The van der Waals surface area contributed by atoms with Gasteiger partial charge in [-0.25, -0.2) is 9.18 Å². The third-order valence-corrected chi connectivity index (χ3v) is 10.5. The first-order chi connectivity index (χ1) is 21.9. The molecule has 11 nitrogen and oxygen atoms in total. The second-order valence-electron chi connectivity index (χ2n) is 13.0. The topological polar surface area (TPSA) is 151 Å². The molecule has 3 aliphatic rings. The van der Waals surface area contributed by atoms with Gasteiger partial charge in [-0.15, -0.1) is 11.8 Å². The zero-order valence-corrected chi connectivity index (χ0v) is 28.8. The summed E-state index contributed by atoms with van der Waals surface area (Å²) in [6.45, 7) is 12.2. The van der Waals surface area contributed by atoms with Gasteiger partial charge in [0.25, 0.3) is 10.1 Å². The van der Waals surface area contributed by atoms with Crippen LogP contribution in [0.3, 0.4) is 0 Å². The van der Waals surface area contributed by atoms with Gasteiger partial charge in [0, 0.05) is 35.7 Å². The fourth-order valence-corrected chi connectivity index (χ4v) is 7.61. The Morgan fingerprint density at radius 2 is 1.66 bits per heavy atom. The minimum atomic E-state index is -4.02. The Kier molecular flexibility index (Phi) is 11.2. The largest absolute Gasteiger partial charge is 0.427 e. The molecule has 256 valence electrons. The van der Waals surface area contributed by atoms with Crippen molar-refractivity contribution in [2.45, 2.75) is 70.4 Å². The van der Waals surface area contributed by atoms with Gasteiger partial charge < -0.3 is 19.5 Å². The van der Waals surface area contributed by atoms with Gasteiger partial charge in [-0.05, 0) is 64.4 Å². The van der Waals surface area contributed by atoms with E-state index < -0.39 is 46.3 Å². The maximum Gasteiger partial charge on any atom is 0.358 e. The van der Waals surface area contributed by atoms with Crippen molar-refractivity contribution < 1.29 is 46.3 Å². The van der Waals surface area contributed by atoms with Gasteiger partial charge in [0.1, 0.15) is 11.5 Å². The van der Waals surface area contributed by atoms with Crippen molar-refractivity contribution >= 4 is 39.7 Å². The molecule has 0 aromatic heterocycles. The molecule has 14 heteroatoms. The molecule has 0 bridgehead atoms. The number of nitrogens with zero attached hydrogens (tertiary/aromatic N) is 2. The van der Waals surface area contributed by atoms with Crippen molar-refractivity contribution in [3.8, 4) is 0 Å². The predicted molar refractivity (Wildman–Crippen MR) is 173 cm³/mol. The first kappa shape index (κ1) is 36.5. The number of aliphatic hydroxyl groups excluding tert-OH is 1. The van der Waals surface area contributed by atoms with Gasteiger partial charge in [0.15, 0.2) is 0 Å². The Balaban J connectivity index is 0.000000385. The highest BCUT2D eigenvalue weighted by Gasteiger charge is 2.60. The van der Waals surface area contributed by atoms with Crippen LogP contribution in [0.5, 0.6) is 0 Å². The lowest BCUT2D eigenvalue weighted by Gasteiger charge is -2.46. The number of rotatable bonds is 9. The fourth-order valence-electron chi connectivity index (χ4n) is 5.55. The number of carbonyl (C=O) groups is 3. The predicted octanol–water partition coefficient (Wildman–Crippen LogP) is 4.14. The molecule has 47 heavy (non-hydrogen) atoms. The van der Waals surface area contributed by atoms with E-state index in [0.29, 0.717) is 6.54 Å². The molecule has 0 saturated carbocycles. The summed E-state index contributed by atoms with van der Waals surface area (Å²) >= 11 is 1.56. The van der Waals surface area contributed by atoms with E-state index in [1.54, 1.807) is 63.7 Å². The van der Waals surface area contributed by atoms with Crippen LogP contribution in [0.1, 0.15) is 45.7 Å². The summed E-state index contributed by atoms with van der Waals surface area (Å²) in [5.74, 6) is -2.49. The maximum absolute atomic E-state index is 13.2. The Morgan fingerprint density at radius 1 is 1.06 bits per heavy atom. The summed E-state index contributed by atoms with van der Waals surface area (Å²) in [5.41, 5.74) is 1.43. The fraction of sp³-hybridized carbons (Fsp3) is 0.485. The van der Waals surface area contributed by atoms with E-state index >= 15 is 0 Å². The number of carbonyl (C=O) groups excluding carboxylic acids is 3. The highest BCUT2D eigenvalue weighted by molar-refractivity contribution is 8.03. The van der Waals surface area contributed by atoms with E-state index in [2.05, 4.69) is 4.90 Å².